The van der Waals surface area contributed by atoms with Crippen LogP contribution in [0.4, 0.5) is 17.1 Å². The molecule has 11 rings (SSSR count). The molecule has 1 nitrogen and oxygen atoms in total. The van der Waals surface area contributed by atoms with Crippen molar-refractivity contribution >= 4 is 27.8 Å². The highest BCUT2D eigenvalue weighted by molar-refractivity contribution is 6.03. The zero-order valence-electron chi connectivity index (χ0n) is 33.6. The summed E-state index contributed by atoms with van der Waals surface area (Å²) in [4.78, 5) is 2.60. The van der Waals surface area contributed by atoms with Gasteiger partial charge in [-0.1, -0.05) is 161 Å². The average molecular weight is 740 g/mol. The third-order valence-electron chi connectivity index (χ3n) is 14.8. The molecule has 3 fully saturated rings. The lowest BCUT2D eigenvalue weighted by Gasteiger charge is -2.32. The zero-order valence-corrected chi connectivity index (χ0v) is 33.6. The van der Waals surface area contributed by atoms with Crippen molar-refractivity contribution in [2.75, 3.05) is 4.90 Å². The van der Waals surface area contributed by atoms with Gasteiger partial charge in [-0.25, -0.2) is 0 Å². The van der Waals surface area contributed by atoms with Crippen LogP contribution in [0.5, 0.6) is 0 Å². The Hall–Kier alpha value is -5.40. The van der Waals surface area contributed by atoms with Crippen molar-refractivity contribution in [3.8, 4) is 33.4 Å². The summed E-state index contributed by atoms with van der Waals surface area (Å²) in [5.41, 5.74) is 17.2. The number of nitrogens with zero attached hydrogens (tertiary/aromatic N) is 1. The third kappa shape index (κ3) is 5.88. The molecule has 4 aliphatic rings. The van der Waals surface area contributed by atoms with Crippen LogP contribution in [-0.2, 0) is 5.41 Å². The molecule has 0 radical (unpaired) electrons. The Labute approximate surface area is 339 Å². The minimum atomic E-state index is -0.148. The summed E-state index contributed by atoms with van der Waals surface area (Å²) in [6.07, 6.45) is 12.3. The summed E-state index contributed by atoms with van der Waals surface area (Å²) >= 11 is 0. The molecule has 0 aromatic heterocycles. The van der Waals surface area contributed by atoms with Gasteiger partial charge in [0.15, 0.2) is 0 Å². The van der Waals surface area contributed by atoms with Crippen LogP contribution >= 0.6 is 0 Å². The van der Waals surface area contributed by atoms with Gasteiger partial charge in [0.25, 0.3) is 0 Å². The van der Waals surface area contributed by atoms with Crippen molar-refractivity contribution in [2.24, 2.45) is 11.8 Å². The molecule has 0 N–H and O–H groups in total. The van der Waals surface area contributed by atoms with Crippen molar-refractivity contribution in [3.05, 3.63) is 174 Å². The Balaban J connectivity index is 1.12. The molecule has 0 heterocycles. The summed E-state index contributed by atoms with van der Waals surface area (Å²) in [6, 6.07) is 58.2. The van der Waals surface area contributed by atoms with Crippen molar-refractivity contribution in [2.45, 2.75) is 88.9 Å². The molecule has 0 amide bonds. The highest BCUT2D eigenvalue weighted by Crippen LogP contribution is 2.57. The topological polar surface area (TPSA) is 3.24 Å². The van der Waals surface area contributed by atoms with Crippen LogP contribution in [0.2, 0.25) is 0 Å². The second-order valence-corrected chi connectivity index (χ2v) is 18.3. The van der Waals surface area contributed by atoms with Gasteiger partial charge in [0.05, 0.1) is 5.69 Å². The van der Waals surface area contributed by atoms with E-state index in [1.54, 1.807) is 5.56 Å². The molecule has 282 valence electrons. The maximum Gasteiger partial charge on any atom is 0.0540 e. The maximum absolute atomic E-state index is 2.60. The first-order chi connectivity index (χ1) is 28.0. The zero-order chi connectivity index (χ0) is 38.1. The smallest absolute Gasteiger partial charge is 0.0540 e. The summed E-state index contributed by atoms with van der Waals surface area (Å²) in [5.74, 6) is 3.10. The Morgan fingerprint density at radius 1 is 0.509 bits per heavy atom. The summed E-state index contributed by atoms with van der Waals surface area (Å²) in [5, 5.41) is 2.79. The molecule has 7 aromatic carbocycles. The van der Waals surface area contributed by atoms with E-state index in [4.69, 9.17) is 0 Å². The monoisotopic (exact) mass is 739 g/mol. The standard InChI is InChI=1S/C56H53N/c1-56(2)52-20-12-11-19-49(52)55-51(42-25-23-40(24-26-42)38-13-5-3-6-14-38)35-45(36-53(55)56)57(44-29-27-41(28-30-44)39-15-7-4-8-16-39)54-32-31-47(46-17-9-10-18-48(46)54)50-34-37-21-22-43(50)33-37/h3,5-6,9-14,17-20,23-32,35-37,39,43,50H,4,7-8,15-16,21-22,33-34H2,1-2H3. The Morgan fingerprint density at radius 2 is 1.21 bits per heavy atom. The van der Waals surface area contributed by atoms with E-state index in [0.29, 0.717) is 11.8 Å². The number of hydrogen-bond acceptors (Lipinski definition) is 1. The molecule has 0 spiro atoms. The van der Waals surface area contributed by atoms with Crippen LogP contribution in [0, 0.1) is 11.8 Å². The van der Waals surface area contributed by atoms with Crippen LogP contribution in [0.1, 0.15) is 106 Å². The van der Waals surface area contributed by atoms with Gasteiger partial charge in [-0.05, 0) is 147 Å². The molecule has 1 heteroatoms. The van der Waals surface area contributed by atoms with Gasteiger partial charge < -0.3 is 4.90 Å². The van der Waals surface area contributed by atoms with Crippen LogP contribution in [0.25, 0.3) is 44.2 Å². The fourth-order valence-corrected chi connectivity index (χ4v) is 11.8. The summed E-state index contributed by atoms with van der Waals surface area (Å²) in [6.45, 7) is 4.85. The molecule has 3 unspecified atom stereocenters. The average Bonchev–Trinajstić information content (AvgIpc) is 3.97. The number of fused-ring (bicyclic) bond motifs is 6. The van der Waals surface area contributed by atoms with E-state index < -0.39 is 0 Å². The van der Waals surface area contributed by atoms with Gasteiger partial charge in [0.1, 0.15) is 0 Å². The first-order valence-electron chi connectivity index (χ1n) is 21.9. The number of rotatable bonds is 7. The highest BCUT2D eigenvalue weighted by atomic mass is 15.1. The van der Waals surface area contributed by atoms with Crippen LogP contribution in [-0.4, -0.2) is 0 Å². The van der Waals surface area contributed by atoms with E-state index in [1.807, 2.05) is 0 Å². The molecular formula is C56H53N. The Bertz CT molecular complexity index is 2590. The van der Waals surface area contributed by atoms with Crippen LogP contribution in [0.3, 0.4) is 0 Å². The van der Waals surface area contributed by atoms with Crippen molar-refractivity contribution < 1.29 is 0 Å². The normalized spacial score (nSPS) is 20.8. The molecular weight excluding hydrogens is 687 g/mol. The Morgan fingerprint density at radius 3 is 1.96 bits per heavy atom. The first kappa shape index (κ1) is 34.8. The van der Waals surface area contributed by atoms with E-state index in [-0.39, 0.29) is 5.41 Å². The number of benzene rings is 7. The van der Waals surface area contributed by atoms with E-state index in [9.17, 15) is 0 Å². The Kier molecular flexibility index (Phi) is 8.50. The molecule has 2 bridgehead atoms. The van der Waals surface area contributed by atoms with Gasteiger partial charge in [-0.3, -0.25) is 0 Å². The lowest BCUT2D eigenvalue weighted by molar-refractivity contribution is 0.422. The van der Waals surface area contributed by atoms with Crippen molar-refractivity contribution in [1.29, 1.82) is 0 Å². The fraction of sp³-hybridized carbons (Fsp3) is 0.286. The molecule has 3 saturated carbocycles. The minimum Gasteiger partial charge on any atom is -0.310 e. The second kappa shape index (κ2) is 13.9. The fourth-order valence-electron chi connectivity index (χ4n) is 11.8. The largest absolute Gasteiger partial charge is 0.310 e. The molecule has 0 aliphatic heterocycles. The molecule has 0 saturated heterocycles. The summed E-state index contributed by atoms with van der Waals surface area (Å²) in [7, 11) is 0. The number of hydrogen-bond donors (Lipinski definition) is 0. The van der Waals surface area contributed by atoms with Crippen LogP contribution < -0.4 is 4.90 Å². The van der Waals surface area contributed by atoms with E-state index >= 15 is 0 Å². The van der Waals surface area contributed by atoms with Crippen LogP contribution in [0.15, 0.2) is 152 Å². The SMILES string of the molecule is CC1(C)c2ccccc2-c2c(-c3ccc(-c4ccccc4)cc3)cc(N(c3ccc(C4CCCCC4)cc3)c3ccc(C4CC5CCC4C5)c4ccccc34)cc21. The molecule has 3 atom stereocenters. The van der Waals surface area contributed by atoms with Gasteiger partial charge in [-0.2, -0.15) is 0 Å². The first-order valence-corrected chi connectivity index (χ1v) is 21.9. The number of anilines is 3. The predicted molar refractivity (Wildman–Crippen MR) is 241 cm³/mol. The molecule has 4 aliphatic carbocycles. The van der Waals surface area contributed by atoms with Gasteiger partial charge in [0, 0.05) is 22.2 Å². The third-order valence-corrected chi connectivity index (χ3v) is 14.8. The molecule has 57 heavy (non-hydrogen) atoms. The lowest BCUT2D eigenvalue weighted by Crippen LogP contribution is -2.17. The summed E-state index contributed by atoms with van der Waals surface area (Å²) < 4.78 is 0. The van der Waals surface area contributed by atoms with E-state index in [2.05, 4.69) is 170 Å². The quantitative estimate of drug-likeness (QED) is 0.157. The minimum absolute atomic E-state index is 0.148. The highest BCUT2D eigenvalue weighted by Gasteiger charge is 2.41. The van der Waals surface area contributed by atoms with Gasteiger partial charge in [-0.15, -0.1) is 0 Å². The van der Waals surface area contributed by atoms with E-state index in [0.717, 1.165) is 11.8 Å². The predicted octanol–water partition coefficient (Wildman–Crippen LogP) is 15.9. The van der Waals surface area contributed by atoms with Gasteiger partial charge >= 0.3 is 0 Å². The van der Waals surface area contributed by atoms with Gasteiger partial charge in [0.2, 0.25) is 0 Å². The van der Waals surface area contributed by atoms with E-state index in [1.165, 1.54) is 136 Å². The van der Waals surface area contributed by atoms with Crippen molar-refractivity contribution in [1.82, 2.24) is 0 Å². The lowest BCUT2D eigenvalue weighted by atomic mass is 9.81. The molecule has 7 aromatic rings. The second-order valence-electron chi connectivity index (χ2n) is 18.3. The maximum atomic E-state index is 2.60. The van der Waals surface area contributed by atoms with Crippen molar-refractivity contribution in [3.63, 3.8) is 0 Å².